The van der Waals surface area contributed by atoms with E-state index in [1.54, 1.807) is 6.92 Å². The second kappa shape index (κ2) is 8.13. The lowest BCUT2D eigenvalue weighted by molar-refractivity contribution is -0.129. The molecule has 2 N–H and O–H groups in total. The molecule has 1 aliphatic heterocycles. The van der Waals surface area contributed by atoms with Crippen LogP contribution in [0.3, 0.4) is 0 Å². The van der Waals surface area contributed by atoms with Gasteiger partial charge in [-0.05, 0) is 38.0 Å². The molecule has 1 aliphatic carbocycles. The summed E-state index contributed by atoms with van der Waals surface area (Å²) in [5.41, 5.74) is 0. The van der Waals surface area contributed by atoms with Crippen LogP contribution in [0.2, 0.25) is 0 Å². The number of sulfone groups is 1. The summed E-state index contributed by atoms with van der Waals surface area (Å²) in [6.07, 6.45) is 6.95. The number of carbonyl (C=O) groups excluding carboxylic acids is 2. The molecular formula is C16H28N2O4S. The van der Waals surface area contributed by atoms with E-state index >= 15 is 0 Å². The van der Waals surface area contributed by atoms with E-state index in [1.807, 2.05) is 0 Å². The van der Waals surface area contributed by atoms with Crippen molar-refractivity contribution >= 4 is 21.7 Å². The van der Waals surface area contributed by atoms with Gasteiger partial charge < -0.3 is 10.6 Å². The van der Waals surface area contributed by atoms with Gasteiger partial charge in [0.2, 0.25) is 11.8 Å². The molecule has 132 valence electrons. The number of hydrogen-bond acceptors (Lipinski definition) is 4. The fourth-order valence-corrected chi connectivity index (χ4v) is 5.31. The summed E-state index contributed by atoms with van der Waals surface area (Å²) in [5, 5.41) is 5.50. The van der Waals surface area contributed by atoms with Crippen molar-refractivity contribution in [1.82, 2.24) is 10.6 Å². The highest BCUT2D eigenvalue weighted by atomic mass is 32.2. The normalized spacial score (nSPS) is 25.7. The Labute approximate surface area is 138 Å². The average molecular weight is 344 g/mol. The summed E-state index contributed by atoms with van der Waals surface area (Å²) in [6.45, 7) is 2.03. The molecule has 1 heterocycles. The number of carbonyl (C=O) groups is 2. The van der Waals surface area contributed by atoms with Crippen LogP contribution in [0.25, 0.3) is 0 Å². The van der Waals surface area contributed by atoms with Crippen LogP contribution in [0.4, 0.5) is 0 Å². The van der Waals surface area contributed by atoms with E-state index in [9.17, 15) is 18.0 Å². The second-order valence-electron chi connectivity index (χ2n) is 7.01. The van der Waals surface area contributed by atoms with Crippen LogP contribution in [0.1, 0.15) is 51.9 Å². The lowest BCUT2D eigenvalue weighted by Crippen LogP contribution is -2.46. The van der Waals surface area contributed by atoms with Crippen LogP contribution in [0, 0.1) is 11.8 Å². The second-order valence-corrected chi connectivity index (χ2v) is 9.24. The first kappa shape index (κ1) is 18.2. The van der Waals surface area contributed by atoms with Crippen molar-refractivity contribution in [3.8, 4) is 0 Å². The van der Waals surface area contributed by atoms with Gasteiger partial charge in [0.1, 0.15) is 6.04 Å². The molecule has 0 aromatic rings. The molecule has 0 radical (unpaired) electrons. The van der Waals surface area contributed by atoms with Crippen molar-refractivity contribution < 1.29 is 18.0 Å². The van der Waals surface area contributed by atoms with Crippen LogP contribution in [0.15, 0.2) is 0 Å². The third-order valence-corrected chi connectivity index (χ3v) is 6.70. The highest BCUT2D eigenvalue weighted by Crippen LogP contribution is 2.26. The molecular weight excluding hydrogens is 316 g/mol. The first-order valence-electron chi connectivity index (χ1n) is 8.63. The van der Waals surface area contributed by atoms with E-state index in [2.05, 4.69) is 10.6 Å². The van der Waals surface area contributed by atoms with E-state index in [0.29, 0.717) is 25.3 Å². The van der Waals surface area contributed by atoms with Crippen molar-refractivity contribution in [3.05, 3.63) is 0 Å². The van der Waals surface area contributed by atoms with E-state index in [0.717, 1.165) is 12.8 Å². The molecule has 0 aromatic heterocycles. The third-order valence-electron chi connectivity index (χ3n) is 4.86. The van der Waals surface area contributed by atoms with Gasteiger partial charge in [0, 0.05) is 13.0 Å². The highest BCUT2D eigenvalue weighted by molar-refractivity contribution is 7.91. The van der Waals surface area contributed by atoms with E-state index in [-0.39, 0.29) is 29.2 Å². The molecule has 6 nitrogen and oxygen atoms in total. The Hall–Kier alpha value is -1.11. The summed E-state index contributed by atoms with van der Waals surface area (Å²) in [4.78, 5) is 24.0. The van der Waals surface area contributed by atoms with Crippen LogP contribution in [0.5, 0.6) is 0 Å². The van der Waals surface area contributed by atoms with Crippen molar-refractivity contribution in [1.29, 1.82) is 0 Å². The zero-order valence-corrected chi connectivity index (χ0v) is 14.7. The molecule has 0 unspecified atom stereocenters. The molecule has 0 bridgehead atoms. The van der Waals surface area contributed by atoms with Crippen molar-refractivity contribution in [2.24, 2.45) is 11.8 Å². The maximum atomic E-state index is 12.0. The summed E-state index contributed by atoms with van der Waals surface area (Å²) in [7, 11) is -2.92. The molecule has 1 saturated carbocycles. The highest BCUT2D eigenvalue weighted by Gasteiger charge is 2.28. The van der Waals surface area contributed by atoms with E-state index in [4.69, 9.17) is 0 Å². The molecule has 2 amide bonds. The molecule has 2 aliphatic rings. The summed E-state index contributed by atoms with van der Waals surface area (Å²) in [5.74, 6) is 0.489. The number of hydrogen-bond donors (Lipinski definition) is 2. The average Bonchev–Trinajstić information content (AvgIpc) is 2.85. The quantitative estimate of drug-likeness (QED) is 0.752. The number of rotatable bonds is 6. The van der Waals surface area contributed by atoms with Gasteiger partial charge in [-0.3, -0.25) is 9.59 Å². The Morgan fingerprint density at radius 2 is 1.78 bits per heavy atom. The van der Waals surface area contributed by atoms with Crippen molar-refractivity contribution in [2.75, 3.05) is 18.1 Å². The molecule has 2 rings (SSSR count). The minimum atomic E-state index is -2.92. The lowest BCUT2D eigenvalue weighted by atomic mass is 9.87. The molecule has 2 fully saturated rings. The van der Waals surface area contributed by atoms with Gasteiger partial charge in [-0.1, -0.05) is 19.3 Å². The SMILES string of the molecule is C[C@@H](NC(=O)CC1CCCCC1)C(=O)NC[C@H]1CCS(=O)(=O)C1. The molecule has 0 aromatic carbocycles. The van der Waals surface area contributed by atoms with Gasteiger partial charge in [-0.15, -0.1) is 0 Å². The summed E-state index contributed by atoms with van der Waals surface area (Å²) in [6, 6.07) is -0.580. The van der Waals surface area contributed by atoms with Crippen LogP contribution < -0.4 is 10.6 Å². The van der Waals surface area contributed by atoms with Gasteiger partial charge in [0.15, 0.2) is 9.84 Å². The predicted octanol–water partition coefficient (Wildman–Crippen LogP) is 1.01. The Kier molecular flexibility index (Phi) is 6.44. The van der Waals surface area contributed by atoms with Gasteiger partial charge in [0.25, 0.3) is 0 Å². The van der Waals surface area contributed by atoms with Gasteiger partial charge in [0.05, 0.1) is 11.5 Å². The van der Waals surface area contributed by atoms with Crippen molar-refractivity contribution in [3.63, 3.8) is 0 Å². The predicted molar refractivity (Wildman–Crippen MR) is 88.6 cm³/mol. The standard InChI is InChI=1S/C16H28N2O4S/c1-12(18-15(19)9-13-5-3-2-4-6-13)16(20)17-10-14-7-8-23(21,22)11-14/h12-14H,2-11H2,1H3,(H,17,20)(H,18,19)/t12-,14-/m1/s1. The fourth-order valence-electron chi connectivity index (χ4n) is 3.45. The molecule has 2 atom stereocenters. The van der Waals surface area contributed by atoms with E-state index in [1.165, 1.54) is 19.3 Å². The molecule has 0 spiro atoms. The fraction of sp³-hybridized carbons (Fsp3) is 0.875. The smallest absolute Gasteiger partial charge is 0.242 e. The van der Waals surface area contributed by atoms with Crippen LogP contribution in [-0.4, -0.2) is 44.3 Å². The Morgan fingerprint density at radius 1 is 1.09 bits per heavy atom. The third kappa shape index (κ3) is 6.12. The van der Waals surface area contributed by atoms with E-state index < -0.39 is 15.9 Å². The maximum Gasteiger partial charge on any atom is 0.242 e. The molecule has 23 heavy (non-hydrogen) atoms. The summed E-state index contributed by atoms with van der Waals surface area (Å²) >= 11 is 0. The summed E-state index contributed by atoms with van der Waals surface area (Å²) < 4.78 is 22.8. The zero-order valence-electron chi connectivity index (χ0n) is 13.8. The first-order chi connectivity index (χ1) is 10.9. The monoisotopic (exact) mass is 344 g/mol. The molecule has 7 heteroatoms. The molecule has 1 saturated heterocycles. The van der Waals surface area contributed by atoms with Gasteiger partial charge in [-0.25, -0.2) is 8.42 Å². The van der Waals surface area contributed by atoms with Crippen LogP contribution in [-0.2, 0) is 19.4 Å². The Morgan fingerprint density at radius 3 is 2.39 bits per heavy atom. The lowest BCUT2D eigenvalue weighted by Gasteiger charge is -2.22. The number of amides is 2. The van der Waals surface area contributed by atoms with Crippen LogP contribution >= 0.6 is 0 Å². The minimum Gasteiger partial charge on any atom is -0.354 e. The first-order valence-corrected chi connectivity index (χ1v) is 10.5. The largest absolute Gasteiger partial charge is 0.354 e. The van der Waals surface area contributed by atoms with Crippen molar-refractivity contribution in [2.45, 2.75) is 57.9 Å². The van der Waals surface area contributed by atoms with Gasteiger partial charge >= 0.3 is 0 Å². The number of nitrogens with one attached hydrogen (secondary N) is 2. The zero-order chi connectivity index (χ0) is 16.9. The topological polar surface area (TPSA) is 92.3 Å². The maximum absolute atomic E-state index is 12.0. The van der Waals surface area contributed by atoms with Gasteiger partial charge in [-0.2, -0.15) is 0 Å². The Bertz CT molecular complexity index is 526. The minimum absolute atomic E-state index is 0.00547. The Balaban J connectivity index is 1.66.